The fourth-order valence-electron chi connectivity index (χ4n) is 1.35. The summed E-state index contributed by atoms with van der Waals surface area (Å²) in [6.07, 6.45) is 5.16. The third-order valence-corrected chi connectivity index (χ3v) is 2.70. The average Bonchev–Trinajstić information content (AvgIpc) is 2.13. The molecule has 0 aliphatic heterocycles. The summed E-state index contributed by atoms with van der Waals surface area (Å²) < 4.78 is 0. The lowest BCUT2D eigenvalue weighted by atomic mass is 9.93. The maximum Gasteiger partial charge on any atom is 0.145 e. The van der Waals surface area contributed by atoms with E-state index < -0.39 is 0 Å². The van der Waals surface area contributed by atoms with Crippen LogP contribution in [0.4, 0.5) is 5.82 Å². The third-order valence-electron chi connectivity index (χ3n) is 2.42. The van der Waals surface area contributed by atoms with Crippen molar-refractivity contribution in [3.63, 3.8) is 0 Å². The van der Waals surface area contributed by atoms with Gasteiger partial charge in [0.05, 0.1) is 10.6 Å². The predicted octanol–water partition coefficient (Wildman–Crippen LogP) is 2.57. The second-order valence-electron chi connectivity index (χ2n) is 3.44. The first-order chi connectivity index (χ1) is 6.79. The lowest BCUT2D eigenvalue weighted by Gasteiger charge is -2.27. The van der Waals surface area contributed by atoms with Crippen LogP contribution in [-0.2, 0) is 0 Å². The number of halogens is 1. The van der Waals surface area contributed by atoms with Gasteiger partial charge in [0, 0.05) is 12.2 Å². The van der Waals surface area contributed by atoms with E-state index in [-0.39, 0.29) is 0 Å². The number of pyridine rings is 1. The Bertz CT molecular complexity index is 379. The number of hydrogen-bond acceptors (Lipinski definition) is 3. The van der Waals surface area contributed by atoms with Crippen LogP contribution in [0.2, 0.25) is 5.02 Å². The molecule has 3 nitrogen and oxygen atoms in total. The van der Waals surface area contributed by atoms with Crippen LogP contribution in [0.25, 0.3) is 0 Å². The van der Waals surface area contributed by atoms with Gasteiger partial charge in [0.25, 0.3) is 0 Å². The van der Waals surface area contributed by atoms with Crippen molar-refractivity contribution in [1.82, 2.24) is 4.98 Å². The number of nitriles is 1. The molecule has 0 radical (unpaired) electrons. The van der Waals surface area contributed by atoms with Crippen LogP contribution in [0.15, 0.2) is 12.3 Å². The molecule has 0 atom stereocenters. The van der Waals surface area contributed by atoms with E-state index in [0.717, 1.165) is 0 Å². The molecular formula is C10H10ClN3. The van der Waals surface area contributed by atoms with E-state index >= 15 is 0 Å². The van der Waals surface area contributed by atoms with Gasteiger partial charge in [0.2, 0.25) is 0 Å². The van der Waals surface area contributed by atoms with E-state index in [0.29, 0.717) is 22.4 Å². The Morgan fingerprint density at radius 2 is 2.36 bits per heavy atom. The van der Waals surface area contributed by atoms with E-state index in [1.54, 1.807) is 6.07 Å². The Labute approximate surface area is 87.7 Å². The summed E-state index contributed by atoms with van der Waals surface area (Å²) in [6.45, 7) is 0. The number of hydrogen-bond donors (Lipinski definition) is 1. The molecule has 0 amide bonds. The molecule has 14 heavy (non-hydrogen) atoms. The van der Waals surface area contributed by atoms with Crippen molar-refractivity contribution >= 4 is 17.4 Å². The van der Waals surface area contributed by atoms with Crippen molar-refractivity contribution in [3.8, 4) is 6.07 Å². The van der Waals surface area contributed by atoms with Gasteiger partial charge in [-0.05, 0) is 25.3 Å². The predicted molar refractivity (Wildman–Crippen MR) is 55.2 cm³/mol. The van der Waals surface area contributed by atoms with Crippen LogP contribution in [0, 0.1) is 11.3 Å². The molecule has 72 valence electrons. The molecule has 4 heteroatoms. The summed E-state index contributed by atoms with van der Waals surface area (Å²) in [5, 5.41) is 12.4. The minimum absolute atomic E-state index is 0.495. The lowest BCUT2D eigenvalue weighted by molar-refractivity contribution is 0.444. The minimum atomic E-state index is 0.495. The van der Waals surface area contributed by atoms with Gasteiger partial charge in [-0.2, -0.15) is 5.26 Å². The summed E-state index contributed by atoms with van der Waals surface area (Å²) in [5.74, 6) is 0.690. The maximum atomic E-state index is 8.62. The summed E-state index contributed by atoms with van der Waals surface area (Å²) in [4.78, 5) is 4.11. The van der Waals surface area contributed by atoms with E-state index in [1.807, 2.05) is 6.07 Å². The SMILES string of the molecule is N#Cc1cnc(NC2CCC2)c(Cl)c1. The second kappa shape index (κ2) is 3.85. The van der Waals surface area contributed by atoms with Crippen LogP contribution in [0.3, 0.4) is 0 Å². The number of aromatic nitrogens is 1. The molecule has 1 saturated carbocycles. The van der Waals surface area contributed by atoms with Crippen molar-refractivity contribution in [3.05, 3.63) is 22.8 Å². The van der Waals surface area contributed by atoms with Crippen molar-refractivity contribution in [2.45, 2.75) is 25.3 Å². The van der Waals surface area contributed by atoms with Crippen LogP contribution in [-0.4, -0.2) is 11.0 Å². The van der Waals surface area contributed by atoms with E-state index in [1.165, 1.54) is 25.5 Å². The molecule has 0 saturated heterocycles. The first kappa shape index (κ1) is 9.29. The summed E-state index contributed by atoms with van der Waals surface area (Å²) in [6, 6.07) is 4.14. The van der Waals surface area contributed by atoms with Gasteiger partial charge in [-0.1, -0.05) is 11.6 Å². The zero-order valence-electron chi connectivity index (χ0n) is 7.63. The van der Waals surface area contributed by atoms with Crippen LogP contribution < -0.4 is 5.32 Å². The van der Waals surface area contributed by atoms with Gasteiger partial charge in [-0.3, -0.25) is 0 Å². The third kappa shape index (κ3) is 1.80. The van der Waals surface area contributed by atoms with Crippen molar-refractivity contribution in [1.29, 1.82) is 5.26 Å². The zero-order valence-corrected chi connectivity index (χ0v) is 8.38. The molecule has 0 aromatic carbocycles. The van der Waals surface area contributed by atoms with Crippen molar-refractivity contribution in [2.24, 2.45) is 0 Å². The lowest BCUT2D eigenvalue weighted by Crippen LogP contribution is -2.27. The van der Waals surface area contributed by atoms with Gasteiger partial charge in [0.1, 0.15) is 11.9 Å². The van der Waals surface area contributed by atoms with Gasteiger partial charge >= 0.3 is 0 Å². The number of nitrogens with zero attached hydrogens (tertiary/aromatic N) is 2. The Balaban J connectivity index is 2.14. The first-order valence-electron chi connectivity index (χ1n) is 4.62. The molecular weight excluding hydrogens is 198 g/mol. The van der Waals surface area contributed by atoms with Crippen LogP contribution in [0.5, 0.6) is 0 Å². The number of rotatable bonds is 2. The highest BCUT2D eigenvalue weighted by atomic mass is 35.5. The average molecular weight is 208 g/mol. The molecule has 0 spiro atoms. The molecule has 2 rings (SSSR count). The van der Waals surface area contributed by atoms with Crippen molar-refractivity contribution < 1.29 is 0 Å². The summed E-state index contributed by atoms with van der Waals surface area (Å²) in [5.41, 5.74) is 0.495. The largest absolute Gasteiger partial charge is 0.366 e. The monoisotopic (exact) mass is 207 g/mol. The van der Waals surface area contributed by atoms with Gasteiger partial charge < -0.3 is 5.32 Å². The molecule has 1 N–H and O–H groups in total. The fraction of sp³-hybridized carbons (Fsp3) is 0.400. The number of anilines is 1. The topological polar surface area (TPSA) is 48.7 Å². The Morgan fingerprint density at radius 1 is 1.57 bits per heavy atom. The standard InChI is InChI=1S/C10H10ClN3/c11-9-4-7(5-12)6-13-10(9)14-8-2-1-3-8/h4,6,8H,1-3H2,(H,13,14). The summed E-state index contributed by atoms with van der Waals surface area (Å²) >= 11 is 5.96. The normalized spacial score (nSPS) is 15.7. The quantitative estimate of drug-likeness (QED) is 0.811. The number of nitrogens with one attached hydrogen (secondary N) is 1. The van der Waals surface area contributed by atoms with Crippen LogP contribution in [0.1, 0.15) is 24.8 Å². The molecule has 1 aliphatic carbocycles. The van der Waals surface area contributed by atoms with Gasteiger partial charge in [-0.15, -0.1) is 0 Å². The van der Waals surface area contributed by atoms with Crippen LogP contribution >= 0.6 is 11.6 Å². The van der Waals surface area contributed by atoms with Gasteiger partial charge in [0.15, 0.2) is 0 Å². The highest BCUT2D eigenvalue weighted by Crippen LogP contribution is 2.26. The van der Waals surface area contributed by atoms with Crippen molar-refractivity contribution in [2.75, 3.05) is 5.32 Å². The minimum Gasteiger partial charge on any atom is -0.366 e. The smallest absolute Gasteiger partial charge is 0.145 e. The molecule has 1 aromatic heterocycles. The fourth-order valence-corrected chi connectivity index (χ4v) is 1.57. The summed E-state index contributed by atoms with van der Waals surface area (Å²) in [7, 11) is 0. The molecule has 0 bridgehead atoms. The van der Waals surface area contributed by atoms with E-state index in [4.69, 9.17) is 16.9 Å². The maximum absolute atomic E-state index is 8.62. The zero-order chi connectivity index (χ0) is 9.97. The molecule has 1 aliphatic rings. The first-order valence-corrected chi connectivity index (χ1v) is 4.99. The second-order valence-corrected chi connectivity index (χ2v) is 3.85. The Morgan fingerprint density at radius 3 is 2.86 bits per heavy atom. The Kier molecular flexibility index (Phi) is 2.55. The highest BCUT2D eigenvalue weighted by Gasteiger charge is 2.18. The molecule has 1 fully saturated rings. The van der Waals surface area contributed by atoms with Gasteiger partial charge in [-0.25, -0.2) is 4.98 Å². The highest BCUT2D eigenvalue weighted by molar-refractivity contribution is 6.33. The molecule has 0 unspecified atom stereocenters. The van der Waals surface area contributed by atoms with E-state index in [9.17, 15) is 0 Å². The molecule has 1 aromatic rings. The Hall–Kier alpha value is -1.27. The molecule has 1 heterocycles. The van der Waals surface area contributed by atoms with E-state index in [2.05, 4.69) is 10.3 Å².